The van der Waals surface area contributed by atoms with Crippen LogP contribution < -0.4 is 5.32 Å². The van der Waals surface area contributed by atoms with E-state index < -0.39 is 17.9 Å². The summed E-state index contributed by atoms with van der Waals surface area (Å²) in [4.78, 5) is 27.8. The quantitative estimate of drug-likeness (QED) is 0.486. The number of amides is 1. The molecule has 144 valence electrons. The van der Waals surface area contributed by atoms with E-state index in [1.54, 1.807) is 25.1 Å². The average Bonchev–Trinajstić information content (AvgIpc) is 3.10. The normalized spacial score (nSPS) is 12.2. The highest BCUT2D eigenvalue weighted by Crippen LogP contribution is 2.19. The molecule has 0 aliphatic heterocycles. The van der Waals surface area contributed by atoms with Gasteiger partial charge in [-0.05, 0) is 42.3 Å². The van der Waals surface area contributed by atoms with Gasteiger partial charge in [0.05, 0.1) is 6.61 Å². The fourth-order valence-electron chi connectivity index (χ4n) is 2.92. The second-order valence-corrected chi connectivity index (χ2v) is 6.26. The molecule has 1 heterocycles. The van der Waals surface area contributed by atoms with Crippen LogP contribution in [0.3, 0.4) is 0 Å². The lowest BCUT2D eigenvalue weighted by molar-refractivity contribution is -0.146. The summed E-state index contributed by atoms with van der Waals surface area (Å²) in [6.45, 7) is 1.95. The molecule has 1 atom stereocenters. The van der Waals surface area contributed by atoms with Crippen molar-refractivity contribution < 1.29 is 18.7 Å². The predicted molar refractivity (Wildman–Crippen MR) is 106 cm³/mol. The zero-order valence-electron chi connectivity index (χ0n) is 15.4. The van der Waals surface area contributed by atoms with Gasteiger partial charge >= 0.3 is 5.97 Å². The van der Waals surface area contributed by atoms with Crippen molar-refractivity contribution in [2.75, 3.05) is 6.61 Å². The van der Waals surface area contributed by atoms with Crippen molar-refractivity contribution in [2.45, 2.75) is 19.4 Å². The molecular formula is C22H21FN2O3. The number of benzene rings is 2. The number of aromatic amines is 1. The fourth-order valence-corrected chi connectivity index (χ4v) is 2.92. The third-order valence-electron chi connectivity index (χ3n) is 4.28. The molecule has 1 aromatic heterocycles. The Kier molecular flexibility index (Phi) is 6.22. The van der Waals surface area contributed by atoms with Crippen molar-refractivity contribution >= 4 is 28.9 Å². The molecule has 0 spiro atoms. The number of H-pyrrole nitrogens is 1. The number of nitrogens with one attached hydrogen (secondary N) is 2. The number of ether oxygens (including phenoxy) is 1. The molecule has 3 aromatic rings. The van der Waals surface area contributed by atoms with Crippen LogP contribution >= 0.6 is 0 Å². The predicted octanol–water partition coefficient (Wildman–Crippen LogP) is 3.61. The van der Waals surface area contributed by atoms with Crippen LogP contribution in [0.25, 0.3) is 17.0 Å². The van der Waals surface area contributed by atoms with Gasteiger partial charge in [-0.1, -0.05) is 30.3 Å². The SMILES string of the molecule is CCOC(=O)C(Cc1c[nH]c2ccccc12)NC(=O)/C=C/c1ccc(F)cc1. The first-order valence-electron chi connectivity index (χ1n) is 9.02. The summed E-state index contributed by atoms with van der Waals surface area (Å²) in [5.74, 6) is -1.26. The van der Waals surface area contributed by atoms with E-state index in [0.717, 1.165) is 16.5 Å². The Morgan fingerprint density at radius 3 is 2.68 bits per heavy atom. The van der Waals surface area contributed by atoms with Gasteiger partial charge in [-0.2, -0.15) is 0 Å². The summed E-state index contributed by atoms with van der Waals surface area (Å²) in [7, 11) is 0. The standard InChI is InChI=1S/C22H21FN2O3/c1-2-28-22(27)20(13-16-14-24-19-6-4-3-5-18(16)19)25-21(26)12-9-15-7-10-17(23)11-8-15/h3-12,14,20,24H,2,13H2,1H3,(H,25,26)/b12-9+. The van der Waals surface area contributed by atoms with E-state index in [4.69, 9.17) is 4.74 Å². The Morgan fingerprint density at radius 1 is 1.18 bits per heavy atom. The smallest absolute Gasteiger partial charge is 0.328 e. The number of hydrogen-bond donors (Lipinski definition) is 2. The highest BCUT2D eigenvalue weighted by molar-refractivity contribution is 5.95. The molecule has 6 heteroatoms. The number of carbonyl (C=O) groups excluding carboxylic acids is 2. The van der Waals surface area contributed by atoms with Crippen LogP contribution in [0.4, 0.5) is 4.39 Å². The minimum atomic E-state index is -0.815. The first-order chi connectivity index (χ1) is 13.6. The molecule has 0 bridgehead atoms. The number of aromatic nitrogens is 1. The van der Waals surface area contributed by atoms with Gasteiger partial charge in [0.1, 0.15) is 11.9 Å². The molecular weight excluding hydrogens is 359 g/mol. The molecule has 0 fully saturated rings. The van der Waals surface area contributed by atoms with Crippen LogP contribution in [0.5, 0.6) is 0 Å². The van der Waals surface area contributed by atoms with Crippen LogP contribution in [0.2, 0.25) is 0 Å². The zero-order valence-corrected chi connectivity index (χ0v) is 15.4. The second-order valence-electron chi connectivity index (χ2n) is 6.26. The van der Waals surface area contributed by atoms with Crippen LogP contribution in [0, 0.1) is 5.82 Å². The molecule has 1 amide bonds. The summed E-state index contributed by atoms with van der Waals surface area (Å²) in [6, 6.07) is 12.7. The molecule has 0 radical (unpaired) electrons. The summed E-state index contributed by atoms with van der Waals surface area (Å²) in [5.41, 5.74) is 2.56. The molecule has 0 saturated carbocycles. The first kappa shape index (κ1) is 19.4. The largest absolute Gasteiger partial charge is 0.464 e. The van der Waals surface area contributed by atoms with Crippen LogP contribution in [-0.4, -0.2) is 29.5 Å². The van der Waals surface area contributed by atoms with Gasteiger partial charge in [-0.15, -0.1) is 0 Å². The Labute approximate surface area is 162 Å². The molecule has 0 aliphatic rings. The monoisotopic (exact) mass is 380 g/mol. The highest BCUT2D eigenvalue weighted by Gasteiger charge is 2.23. The summed E-state index contributed by atoms with van der Waals surface area (Å²) in [6.07, 6.45) is 5.01. The number of rotatable bonds is 7. The number of esters is 1. The number of fused-ring (bicyclic) bond motifs is 1. The van der Waals surface area contributed by atoms with Crippen molar-refractivity contribution in [1.82, 2.24) is 10.3 Å². The number of hydrogen-bond acceptors (Lipinski definition) is 3. The molecule has 5 nitrogen and oxygen atoms in total. The van der Waals surface area contributed by atoms with Gasteiger partial charge in [0.25, 0.3) is 0 Å². The molecule has 1 unspecified atom stereocenters. The fraction of sp³-hybridized carbons (Fsp3) is 0.182. The third-order valence-corrected chi connectivity index (χ3v) is 4.28. The van der Waals surface area contributed by atoms with Crippen molar-refractivity contribution in [3.8, 4) is 0 Å². The van der Waals surface area contributed by atoms with E-state index in [-0.39, 0.29) is 12.4 Å². The lowest BCUT2D eigenvalue weighted by Gasteiger charge is -2.16. The van der Waals surface area contributed by atoms with Crippen LogP contribution in [0.15, 0.2) is 60.8 Å². The molecule has 2 N–H and O–H groups in total. The van der Waals surface area contributed by atoms with E-state index in [1.807, 2.05) is 30.5 Å². The maximum absolute atomic E-state index is 13.0. The van der Waals surface area contributed by atoms with Crippen molar-refractivity contribution in [3.05, 3.63) is 77.7 Å². The van der Waals surface area contributed by atoms with Crippen molar-refractivity contribution in [2.24, 2.45) is 0 Å². The Hall–Kier alpha value is -3.41. The third kappa shape index (κ3) is 4.85. The van der Waals surface area contributed by atoms with Crippen LogP contribution in [-0.2, 0) is 20.7 Å². The Bertz CT molecular complexity index is 992. The summed E-state index contributed by atoms with van der Waals surface area (Å²) in [5, 5.41) is 3.69. The van der Waals surface area contributed by atoms with Gasteiger partial charge in [0.2, 0.25) is 5.91 Å². The summed E-state index contributed by atoms with van der Waals surface area (Å²) < 4.78 is 18.1. The maximum Gasteiger partial charge on any atom is 0.328 e. The van der Waals surface area contributed by atoms with Crippen molar-refractivity contribution in [1.29, 1.82) is 0 Å². The van der Waals surface area contributed by atoms with Crippen molar-refractivity contribution in [3.63, 3.8) is 0 Å². The molecule has 2 aromatic carbocycles. The second kappa shape index (κ2) is 8.99. The molecule has 28 heavy (non-hydrogen) atoms. The number of halogens is 1. The summed E-state index contributed by atoms with van der Waals surface area (Å²) >= 11 is 0. The first-order valence-corrected chi connectivity index (χ1v) is 9.02. The van der Waals surface area contributed by atoms with Gasteiger partial charge in [0, 0.05) is 29.6 Å². The Balaban J connectivity index is 1.73. The van der Waals surface area contributed by atoms with Gasteiger partial charge in [-0.3, -0.25) is 4.79 Å². The molecule has 0 saturated heterocycles. The lowest BCUT2D eigenvalue weighted by Crippen LogP contribution is -2.42. The average molecular weight is 380 g/mol. The van der Waals surface area contributed by atoms with E-state index >= 15 is 0 Å². The number of para-hydroxylation sites is 1. The minimum Gasteiger partial charge on any atom is -0.464 e. The van der Waals surface area contributed by atoms with Gasteiger partial charge in [-0.25, -0.2) is 9.18 Å². The molecule has 3 rings (SSSR count). The van der Waals surface area contributed by atoms with E-state index in [1.165, 1.54) is 18.2 Å². The lowest BCUT2D eigenvalue weighted by atomic mass is 10.0. The molecule has 0 aliphatic carbocycles. The Morgan fingerprint density at radius 2 is 1.93 bits per heavy atom. The van der Waals surface area contributed by atoms with Crippen LogP contribution in [0.1, 0.15) is 18.1 Å². The van der Waals surface area contributed by atoms with Gasteiger partial charge < -0.3 is 15.0 Å². The van der Waals surface area contributed by atoms with Gasteiger partial charge in [0.15, 0.2) is 0 Å². The maximum atomic E-state index is 13.0. The highest BCUT2D eigenvalue weighted by atomic mass is 19.1. The topological polar surface area (TPSA) is 71.2 Å². The van der Waals surface area contributed by atoms with E-state index in [9.17, 15) is 14.0 Å². The van der Waals surface area contributed by atoms with E-state index in [2.05, 4.69) is 10.3 Å². The number of carbonyl (C=O) groups is 2. The minimum absolute atomic E-state index is 0.227. The zero-order chi connectivity index (χ0) is 19.9. The van der Waals surface area contributed by atoms with E-state index in [0.29, 0.717) is 12.0 Å².